The van der Waals surface area contributed by atoms with Gasteiger partial charge in [-0.1, -0.05) is 6.07 Å². The summed E-state index contributed by atoms with van der Waals surface area (Å²) in [5.41, 5.74) is -0.0374. The third kappa shape index (κ3) is 4.42. The first-order valence-corrected chi connectivity index (χ1v) is 8.59. The average Bonchev–Trinajstić information content (AvgIpc) is 3.33. The lowest BCUT2D eigenvalue weighted by molar-refractivity contribution is -0.141. The van der Waals surface area contributed by atoms with Crippen LogP contribution in [0.25, 0.3) is 0 Å². The second-order valence-electron chi connectivity index (χ2n) is 6.71. The highest BCUT2D eigenvalue weighted by atomic mass is 19.4. The molecule has 1 fully saturated rings. The Labute approximate surface area is 157 Å². The summed E-state index contributed by atoms with van der Waals surface area (Å²) in [5.74, 6) is -1.00. The Morgan fingerprint density at radius 2 is 1.96 bits per heavy atom. The molecule has 0 saturated heterocycles. The van der Waals surface area contributed by atoms with Gasteiger partial charge >= 0.3 is 12.8 Å². The minimum atomic E-state index is -4.63. The molecule has 1 amide bonds. The summed E-state index contributed by atoms with van der Waals surface area (Å²) in [7, 11) is 0. The zero-order valence-electron chi connectivity index (χ0n) is 15.1. The molecule has 1 aliphatic carbocycles. The lowest BCUT2D eigenvalue weighted by atomic mass is 10.2. The van der Waals surface area contributed by atoms with Crippen molar-refractivity contribution in [1.82, 2.24) is 9.78 Å². The highest BCUT2D eigenvalue weighted by molar-refractivity contribution is 5.95. The first-order valence-electron chi connectivity index (χ1n) is 8.59. The molecule has 10 heteroatoms. The molecule has 0 bridgehead atoms. The molecule has 1 aliphatic rings. The number of hydrogen-bond donors (Lipinski definition) is 1. The van der Waals surface area contributed by atoms with E-state index < -0.39 is 30.4 Å². The van der Waals surface area contributed by atoms with Gasteiger partial charge in [-0.25, -0.2) is 0 Å². The molecule has 5 nitrogen and oxygen atoms in total. The van der Waals surface area contributed by atoms with Crippen LogP contribution in [0, 0.1) is 6.92 Å². The van der Waals surface area contributed by atoms with Crippen LogP contribution in [0.5, 0.6) is 5.75 Å². The minimum Gasteiger partial charge on any atom is -0.433 e. The monoisotopic (exact) mass is 403 g/mol. The fourth-order valence-electron chi connectivity index (χ4n) is 2.83. The van der Waals surface area contributed by atoms with Crippen LogP contribution in [0.15, 0.2) is 24.3 Å². The van der Waals surface area contributed by atoms with Crippen LogP contribution >= 0.6 is 0 Å². The molecule has 152 valence electrons. The zero-order chi connectivity index (χ0) is 20.6. The second kappa shape index (κ2) is 7.40. The molecule has 1 unspecified atom stereocenters. The number of carbonyl (C=O) groups excluding carboxylic acids is 1. The van der Waals surface area contributed by atoms with E-state index in [1.807, 2.05) is 0 Å². The van der Waals surface area contributed by atoms with E-state index in [1.165, 1.54) is 25.1 Å². The van der Waals surface area contributed by atoms with Crippen molar-refractivity contribution >= 4 is 11.6 Å². The predicted molar refractivity (Wildman–Crippen MR) is 90.4 cm³/mol. The van der Waals surface area contributed by atoms with Gasteiger partial charge in [0.2, 0.25) is 5.91 Å². The lowest BCUT2D eigenvalue weighted by Crippen LogP contribution is -2.26. The summed E-state index contributed by atoms with van der Waals surface area (Å²) in [5, 5.41) is 6.02. The maximum absolute atomic E-state index is 13.0. The molecule has 1 atom stereocenters. The summed E-state index contributed by atoms with van der Waals surface area (Å²) in [6.07, 6.45) is -3.18. The molecular weight excluding hydrogens is 385 g/mol. The number of benzene rings is 1. The molecule has 1 aromatic heterocycles. The number of ether oxygens (including phenoxy) is 1. The number of hydrogen-bond acceptors (Lipinski definition) is 3. The van der Waals surface area contributed by atoms with Crippen molar-refractivity contribution in [3.63, 3.8) is 0 Å². The Bertz CT molecular complexity index is 875. The highest BCUT2D eigenvalue weighted by Crippen LogP contribution is 2.43. The van der Waals surface area contributed by atoms with E-state index in [1.54, 1.807) is 6.92 Å². The standard InChI is InChI=1S/C18H18F5N3O2/c1-9-3-6-14(28-17(19)20)12(7-9)24-16(27)10(2)26-13(11-4-5-11)8-15(25-26)18(21,22)23/h3,6-8,10-11,17H,4-5H2,1-2H3,(H,24,27). The number of anilines is 1. The third-order valence-corrected chi connectivity index (χ3v) is 4.41. The molecule has 28 heavy (non-hydrogen) atoms. The van der Waals surface area contributed by atoms with Crippen molar-refractivity contribution in [1.29, 1.82) is 0 Å². The third-order valence-electron chi connectivity index (χ3n) is 4.41. The zero-order valence-corrected chi connectivity index (χ0v) is 15.1. The van der Waals surface area contributed by atoms with Crippen LogP contribution in [0.2, 0.25) is 0 Å². The van der Waals surface area contributed by atoms with Crippen molar-refractivity contribution in [2.45, 2.75) is 51.4 Å². The fraction of sp³-hybridized carbons (Fsp3) is 0.444. The molecule has 0 aliphatic heterocycles. The average molecular weight is 403 g/mol. The van der Waals surface area contributed by atoms with Gasteiger partial charge < -0.3 is 10.1 Å². The molecule has 0 spiro atoms. The number of aryl methyl sites for hydroxylation is 1. The molecule has 0 radical (unpaired) electrons. The SMILES string of the molecule is Cc1ccc(OC(F)F)c(NC(=O)C(C)n2nc(C(F)(F)F)cc2C2CC2)c1. The number of halogens is 5. The van der Waals surface area contributed by atoms with Gasteiger partial charge in [0, 0.05) is 11.6 Å². The molecule has 1 saturated carbocycles. The van der Waals surface area contributed by atoms with Crippen molar-refractivity contribution in [2.75, 3.05) is 5.32 Å². The Morgan fingerprint density at radius 3 is 2.54 bits per heavy atom. The summed E-state index contributed by atoms with van der Waals surface area (Å²) in [6.45, 7) is 0.00914. The molecule has 1 aromatic carbocycles. The smallest absolute Gasteiger partial charge is 0.433 e. The molecule has 3 rings (SSSR count). The van der Waals surface area contributed by atoms with Crippen molar-refractivity contribution < 1.29 is 31.5 Å². The summed E-state index contributed by atoms with van der Waals surface area (Å²) in [4.78, 5) is 12.6. The van der Waals surface area contributed by atoms with Gasteiger partial charge in [0.25, 0.3) is 0 Å². The van der Waals surface area contributed by atoms with E-state index >= 15 is 0 Å². The number of carbonyl (C=O) groups is 1. The topological polar surface area (TPSA) is 56.1 Å². The van der Waals surface area contributed by atoms with E-state index in [0.717, 1.165) is 23.6 Å². The first-order chi connectivity index (χ1) is 13.1. The molecule has 1 N–H and O–H groups in total. The lowest BCUT2D eigenvalue weighted by Gasteiger charge is -2.18. The maximum Gasteiger partial charge on any atom is 0.435 e. The number of nitrogens with one attached hydrogen (secondary N) is 1. The molecule has 2 aromatic rings. The van der Waals surface area contributed by atoms with Crippen LogP contribution in [0.1, 0.15) is 48.7 Å². The van der Waals surface area contributed by atoms with Crippen LogP contribution in [0.3, 0.4) is 0 Å². The van der Waals surface area contributed by atoms with Crippen molar-refractivity contribution in [3.05, 3.63) is 41.2 Å². The second-order valence-corrected chi connectivity index (χ2v) is 6.71. The summed E-state index contributed by atoms with van der Waals surface area (Å²) in [6, 6.07) is 4.14. The Hall–Kier alpha value is -2.65. The molecule has 1 heterocycles. The number of nitrogens with zero attached hydrogens (tertiary/aromatic N) is 2. The van der Waals surface area contributed by atoms with Crippen LogP contribution in [-0.4, -0.2) is 22.3 Å². The Kier molecular flexibility index (Phi) is 5.31. The van der Waals surface area contributed by atoms with Gasteiger partial charge in [-0.2, -0.15) is 27.1 Å². The number of amides is 1. The highest BCUT2D eigenvalue weighted by Gasteiger charge is 2.39. The normalized spacial score (nSPS) is 15.6. The van der Waals surface area contributed by atoms with E-state index in [4.69, 9.17) is 0 Å². The van der Waals surface area contributed by atoms with Gasteiger partial charge in [0.05, 0.1) is 5.69 Å². The van der Waals surface area contributed by atoms with Gasteiger partial charge in [0.1, 0.15) is 11.8 Å². The van der Waals surface area contributed by atoms with Gasteiger partial charge in [-0.15, -0.1) is 0 Å². The fourth-order valence-corrected chi connectivity index (χ4v) is 2.83. The van der Waals surface area contributed by atoms with Gasteiger partial charge in [-0.3, -0.25) is 9.48 Å². The first kappa shape index (κ1) is 20.1. The van der Waals surface area contributed by atoms with Crippen molar-refractivity contribution in [2.24, 2.45) is 0 Å². The largest absolute Gasteiger partial charge is 0.435 e. The number of rotatable bonds is 6. The van der Waals surface area contributed by atoms with Crippen LogP contribution < -0.4 is 10.1 Å². The summed E-state index contributed by atoms with van der Waals surface area (Å²) < 4.78 is 69.7. The van der Waals surface area contributed by atoms with Gasteiger partial charge in [-0.05, 0) is 50.5 Å². The number of alkyl halides is 5. The van der Waals surface area contributed by atoms with Gasteiger partial charge in [0.15, 0.2) is 5.69 Å². The number of aromatic nitrogens is 2. The predicted octanol–water partition coefficient (Wildman–Crippen LogP) is 4.89. The maximum atomic E-state index is 13.0. The van der Waals surface area contributed by atoms with E-state index in [9.17, 15) is 26.7 Å². The van der Waals surface area contributed by atoms with E-state index in [-0.39, 0.29) is 17.4 Å². The van der Waals surface area contributed by atoms with Crippen molar-refractivity contribution in [3.8, 4) is 5.75 Å². The quantitative estimate of drug-likeness (QED) is 0.699. The van der Waals surface area contributed by atoms with E-state index in [2.05, 4.69) is 15.2 Å². The van der Waals surface area contributed by atoms with E-state index in [0.29, 0.717) is 11.3 Å². The minimum absolute atomic E-state index is 0.00771. The van der Waals surface area contributed by atoms with Crippen LogP contribution in [0.4, 0.5) is 27.6 Å². The Morgan fingerprint density at radius 1 is 1.29 bits per heavy atom. The molecular formula is C18H18F5N3O2. The van der Waals surface area contributed by atoms with Crippen LogP contribution in [-0.2, 0) is 11.0 Å². The Balaban J connectivity index is 1.86. The summed E-state index contributed by atoms with van der Waals surface area (Å²) >= 11 is 0.